The number of benzene rings is 3. The number of aliphatic hydroxyl groups excluding tert-OH is 2. The Morgan fingerprint density at radius 3 is 2.11 bits per heavy atom. The van der Waals surface area contributed by atoms with Crippen molar-refractivity contribution in [3.05, 3.63) is 113 Å². The van der Waals surface area contributed by atoms with Crippen LogP contribution in [0.25, 0.3) is 0 Å². The number of esters is 1. The number of phenols is 1. The summed E-state index contributed by atoms with van der Waals surface area (Å²) in [7, 11) is 0. The minimum Gasteiger partial charge on any atom is -0.508 e. The molecule has 0 unspecified atom stereocenters. The molecule has 0 aliphatic rings. The normalized spacial score (nSPS) is 14.7. The first-order chi connectivity index (χ1) is 18.2. The Morgan fingerprint density at radius 1 is 0.921 bits per heavy atom. The molecule has 0 bridgehead atoms. The van der Waals surface area contributed by atoms with E-state index in [0.717, 1.165) is 27.8 Å². The molecular weight excluding hydrogens is 478 g/mol. The van der Waals surface area contributed by atoms with Crippen LogP contribution < -0.4 is 5.73 Å². The summed E-state index contributed by atoms with van der Waals surface area (Å²) in [5, 5.41) is 31.4. The second-order valence-corrected chi connectivity index (χ2v) is 9.94. The molecule has 3 aromatic rings. The van der Waals surface area contributed by atoms with Gasteiger partial charge in [-0.3, -0.25) is 4.79 Å². The largest absolute Gasteiger partial charge is 0.508 e. The standard InChI is InChI=1S/C32H39NO5/c1-22-18-26(34)19-23(2)27(22)21-29(33)31(36)15-9-14-30(35)28(20-25-12-7-4-8-13-25)32(37)38-17-16-24-10-5-3-6-11-24/h3-14,18-19,28-31,34-36H,15-17,20-21,33H2,1-2H3/p+1/b14-9+/t28-,29+,30+,31+/m1/s1. The third kappa shape index (κ3) is 8.84. The maximum absolute atomic E-state index is 13.0. The van der Waals surface area contributed by atoms with E-state index < -0.39 is 24.1 Å². The van der Waals surface area contributed by atoms with Gasteiger partial charge in [-0.2, -0.15) is 0 Å². The lowest BCUT2D eigenvalue weighted by Gasteiger charge is -2.20. The lowest BCUT2D eigenvalue weighted by atomic mass is 9.92. The van der Waals surface area contributed by atoms with E-state index in [1.807, 2.05) is 74.5 Å². The Balaban J connectivity index is 1.59. The summed E-state index contributed by atoms with van der Waals surface area (Å²) in [6, 6.07) is 22.5. The predicted molar refractivity (Wildman–Crippen MR) is 148 cm³/mol. The van der Waals surface area contributed by atoms with Crippen LogP contribution in [0.3, 0.4) is 0 Å². The molecule has 4 atom stereocenters. The Kier molecular flexibility index (Phi) is 11.1. The number of aromatic hydroxyl groups is 1. The van der Waals surface area contributed by atoms with Gasteiger partial charge in [0.15, 0.2) is 0 Å². The van der Waals surface area contributed by atoms with Crippen LogP contribution in [-0.2, 0) is 28.8 Å². The van der Waals surface area contributed by atoms with Crippen molar-refractivity contribution < 1.29 is 30.6 Å². The zero-order chi connectivity index (χ0) is 27.5. The van der Waals surface area contributed by atoms with Crippen LogP contribution in [0.1, 0.15) is 34.2 Å². The zero-order valence-corrected chi connectivity index (χ0v) is 22.3. The molecule has 3 rings (SSSR count). The van der Waals surface area contributed by atoms with Gasteiger partial charge in [0, 0.05) is 12.8 Å². The van der Waals surface area contributed by atoms with E-state index in [2.05, 4.69) is 5.73 Å². The highest BCUT2D eigenvalue weighted by Gasteiger charge is 2.27. The topological polar surface area (TPSA) is 115 Å². The quantitative estimate of drug-likeness (QED) is 0.204. The molecule has 0 amide bonds. The number of ether oxygens (including phenoxy) is 1. The van der Waals surface area contributed by atoms with Gasteiger partial charge in [-0.1, -0.05) is 72.8 Å². The number of hydrogen-bond acceptors (Lipinski definition) is 5. The summed E-state index contributed by atoms with van der Waals surface area (Å²) < 4.78 is 5.55. The molecule has 6 N–H and O–H groups in total. The first-order valence-electron chi connectivity index (χ1n) is 13.1. The van der Waals surface area contributed by atoms with E-state index in [1.54, 1.807) is 24.3 Å². The number of quaternary nitrogens is 1. The van der Waals surface area contributed by atoms with Crippen LogP contribution in [0.5, 0.6) is 5.75 Å². The molecule has 0 heterocycles. The molecular formula is C32H40NO5+. The van der Waals surface area contributed by atoms with Crippen molar-refractivity contribution in [3.63, 3.8) is 0 Å². The fraction of sp³-hybridized carbons (Fsp3) is 0.344. The second-order valence-electron chi connectivity index (χ2n) is 9.94. The van der Waals surface area contributed by atoms with Crippen molar-refractivity contribution in [3.8, 4) is 5.75 Å². The maximum Gasteiger partial charge on any atom is 0.312 e. The molecule has 0 aliphatic heterocycles. The summed E-state index contributed by atoms with van der Waals surface area (Å²) in [6.07, 6.45) is 3.30. The second kappa shape index (κ2) is 14.5. The molecule has 0 fully saturated rings. The summed E-state index contributed by atoms with van der Waals surface area (Å²) in [5.41, 5.74) is 9.13. The van der Waals surface area contributed by atoms with Crippen LogP contribution in [0.15, 0.2) is 84.9 Å². The monoisotopic (exact) mass is 518 g/mol. The van der Waals surface area contributed by atoms with Crippen LogP contribution in [0.2, 0.25) is 0 Å². The third-order valence-corrected chi connectivity index (χ3v) is 6.89. The number of hydrogen-bond donors (Lipinski definition) is 4. The molecule has 0 radical (unpaired) electrons. The Hall–Kier alpha value is -3.45. The number of rotatable bonds is 13. The molecule has 0 spiro atoms. The smallest absolute Gasteiger partial charge is 0.312 e. The lowest BCUT2D eigenvalue weighted by Crippen LogP contribution is -2.67. The molecule has 0 saturated heterocycles. The van der Waals surface area contributed by atoms with Gasteiger partial charge in [0.1, 0.15) is 17.9 Å². The van der Waals surface area contributed by atoms with Crippen LogP contribution in [0, 0.1) is 19.8 Å². The van der Waals surface area contributed by atoms with E-state index in [4.69, 9.17) is 4.74 Å². The minimum atomic E-state index is -1.06. The predicted octanol–water partition coefficient (Wildman–Crippen LogP) is 3.47. The van der Waals surface area contributed by atoms with Gasteiger partial charge in [-0.05, 0) is 66.6 Å². The van der Waals surface area contributed by atoms with Gasteiger partial charge in [0.05, 0.1) is 18.6 Å². The first-order valence-corrected chi connectivity index (χ1v) is 13.1. The van der Waals surface area contributed by atoms with E-state index in [1.165, 1.54) is 0 Å². The van der Waals surface area contributed by atoms with Gasteiger partial charge in [0.2, 0.25) is 0 Å². The van der Waals surface area contributed by atoms with E-state index >= 15 is 0 Å². The van der Waals surface area contributed by atoms with Crippen molar-refractivity contribution in [2.75, 3.05) is 6.61 Å². The molecule has 0 aliphatic carbocycles. The molecule has 6 heteroatoms. The fourth-order valence-corrected chi connectivity index (χ4v) is 4.61. The van der Waals surface area contributed by atoms with Gasteiger partial charge in [0.25, 0.3) is 0 Å². The molecule has 6 nitrogen and oxygen atoms in total. The number of phenolic OH excluding ortho intramolecular Hbond substituents is 1. The van der Waals surface area contributed by atoms with Crippen LogP contribution >= 0.6 is 0 Å². The number of carbonyl (C=O) groups is 1. The Labute approximate surface area is 225 Å². The summed E-state index contributed by atoms with van der Waals surface area (Å²) in [4.78, 5) is 13.0. The van der Waals surface area contributed by atoms with Crippen molar-refractivity contribution in [1.29, 1.82) is 0 Å². The SMILES string of the molecule is Cc1cc(O)cc(C)c1C[C@H]([NH3+])[C@@H](O)C/C=C/[C@H](O)[C@@H](Cc1ccccc1)C(=O)OCCc1ccccc1. The van der Waals surface area contributed by atoms with Gasteiger partial charge >= 0.3 is 5.97 Å². The average Bonchev–Trinajstić information content (AvgIpc) is 2.90. The van der Waals surface area contributed by atoms with E-state index in [0.29, 0.717) is 25.7 Å². The van der Waals surface area contributed by atoms with Gasteiger partial charge < -0.3 is 25.8 Å². The Bertz CT molecular complexity index is 1160. The Morgan fingerprint density at radius 2 is 1.50 bits per heavy atom. The highest BCUT2D eigenvalue weighted by Crippen LogP contribution is 2.22. The summed E-state index contributed by atoms with van der Waals surface area (Å²) in [6.45, 7) is 4.11. The van der Waals surface area contributed by atoms with Crippen LogP contribution in [0.4, 0.5) is 0 Å². The van der Waals surface area contributed by atoms with Crippen molar-refractivity contribution >= 4 is 5.97 Å². The van der Waals surface area contributed by atoms with Crippen LogP contribution in [-0.4, -0.2) is 46.1 Å². The summed E-state index contributed by atoms with van der Waals surface area (Å²) in [5.74, 6) is -0.985. The van der Waals surface area contributed by atoms with E-state index in [9.17, 15) is 20.1 Å². The number of carbonyl (C=O) groups excluding carboxylic acids is 1. The molecule has 202 valence electrons. The molecule has 0 aromatic heterocycles. The highest BCUT2D eigenvalue weighted by molar-refractivity contribution is 5.74. The average molecular weight is 519 g/mol. The van der Waals surface area contributed by atoms with Crippen molar-refractivity contribution in [2.24, 2.45) is 5.92 Å². The zero-order valence-electron chi connectivity index (χ0n) is 22.3. The maximum atomic E-state index is 13.0. The number of aliphatic hydroxyl groups is 2. The molecule has 38 heavy (non-hydrogen) atoms. The summed E-state index contributed by atoms with van der Waals surface area (Å²) >= 11 is 0. The van der Waals surface area contributed by atoms with Crippen molar-refractivity contribution in [2.45, 2.75) is 57.8 Å². The van der Waals surface area contributed by atoms with Gasteiger partial charge in [-0.25, -0.2) is 0 Å². The molecule has 3 aromatic carbocycles. The van der Waals surface area contributed by atoms with E-state index in [-0.39, 0.29) is 18.4 Å². The van der Waals surface area contributed by atoms with Crippen molar-refractivity contribution in [1.82, 2.24) is 0 Å². The lowest BCUT2D eigenvalue weighted by molar-refractivity contribution is -0.436. The third-order valence-electron chi connectivity index (χ3n) is 6.89. The fourth-order valence-electron chi connectivity index (χ4n) is 4.61. The van der Waals surface area contributed by atoms with Gasteiger partial charge in [-0.15, -0.1) is 0 Å². The molecule has 0 saturated carbocycles. The minimum absolute atomic E-state index is 0.227. The highest BCUT2D eigenvalue weighted by atomic mass is 16.5. The first kappa shape index (κ1) is 29.1. The number of aryl methyl sites for hydroxylation is 2.